The molecule has 136 valence electrons. The highest BCUT2D eigenvalue weighted by atomic mass is 19.1. The van der Waals surface area contributed by atoms with E-state index in [2.05, 4.69) is 25.3 Å². The Kier molecular flexibility index (Phi) is 4.45. The summed E-state index contributed by atoms with van der Waals surface area (Å²) in [4.78, 5) is 8.52. The summed E-state index contributed by atoms with van der Waals surface area (Å²) in [6, 6.07) is 10.1. The molecule has 4 rings (SSSR count). The molecule has 3 heterocycles. The molecular weight excluding hydrogens is 347 g/mol. The zero-order valence-electron chi connectivity index (χ0n) is 14.7. The fourth-order valence-electron chi connectivity index (χ4n) is 2.91. The van der Waals surface area contributed by atoms with E-state index in [4.69, 9.17) is 0 Å². The normalized spacial score (nSPS) is 11.2. The highest BCUT2D eigenvalue weighted by Gasteiger charge is 2.18. The lowest BCUT2D eigenvalue weighted by molar-refractivity contribution is 0.437. The Morgan fingerprint density at radius 3 is 2.74 bits per heavy atom. The van der Waals surface area contributed by atoms with Crippen molar-refractivity contribution in [2.45, 2.75) is 26.3 Å². The van der Waals surface area contributed by atoms with Gasteiger partial charge >= 0.3 is 0 Å². The first-order chi connectivity index (χ1) is 13.2. The molecule has 0 saturated carbocycles. The second-order valence-electron chi connectivity index (χ2n) is 6.13. The van der Waals surface area contributed by atoms with Crippen LogP contribution < -0.4 is 0 Å². The number of aromatic hydroxyl groups is 1. The maximum Gasteiger partial charge on any atom is 0.237 e. The zero-order valence-corrected chi connectivity index (χ0v) is 14.7. The number of pyridine rings is 1. The Bertz CT molecular complexity index is 1110. The maximum atomic E-state index is 14.0. The Hall–Kier alpha value is -3.42. The molecule has 0 aliphatic rings. The van der Waals surface area contributed by atoms with Crippen LogP contribution in [0.5, 0.6) is 5.88 Å². The average molecular weight is 364 g/mol. The third-order valence-corrected chi connectivity index (χ3v) is 4.22. The quantitative estimate of drug-likeness (QED) is 0.585. The molecule has 0 aliphatic heterocycles. The van der Waals surface area contributed by atoms with Crippen molar-refractivity contribution in [1.29, 1.82) is 0 Å². The first kappa shape index (κ1) is 17.0. The van der Waals surface area contributed by atoms with Gasteiger partial charge in [-0.2, -0.15) is 10.1 Å². The SMILES string of the molecule is CCCc1nnc(-c2nn(Cc3ccccc3F)c3ncccc23)nc1O. The van der Waals surface area contributed by atoms with Gasteiger partial charge in [0.25, 0.3) is 0 Å². The van der Waals surface area contributed by atoms with Crippen LogP contribution in [0, 0.1) is 5.82 Å². The van der Waals surface area contributed by atoms with Gasteiger partial charge in [0, 0.05) is 11.8 Å². The van der Waals surface area contributed by atoms with Crippen molar-refractivity contribution in [3.05, 3.63) is 59.7 Å². The summed E-state index contributed by atoms with van der Waals surface area (Å²) < 4.78 is 15.6. The molecule has 0 amide bonds. The Labute approximate surface area is 154 Å². The van der Waals surface area contributed by atoms with Crippen molar-refractivity contribution in [2.75, 3.05) is 0 Å². The Morgan fingerprint density at radius 1 is 1.11 bits per heavy atom. The van der Waals surface area contributed by atoms with Gasteiger partial charge in [0.1, 0.15) is 17.2 Å². The molecule has 0 spiro atoms. The summed E-state index contributed by atoms with van der Waals surface area (Å²) >= 11 is 0. The number of aromatic nitrogens is 6. The van der Waals surface area contributed by atoms with Gasteiger partial charge in [-0.3, -0.25) is 0 Å². The average Bonchev–Trinajstić information content (AvgIpc) is 3.04. The van der Waals surface area contributed by atoms with E-state index in [1.54, 1.807) is 35.1 Å². The van der Waals surface area contributed by atoms with E-state index in [0.717, 1.165) is 6.42 Å². The second kappa shape index (κ2) is 7.06. The highest BCUT2D eigenvalue weighted by molar-refractivity contribution is 5.89. The minimum Gasteiger partial charge on any atom is -0.492 e. The first-order valence-corrected chi connectivity index (χ1v) is 8.65. The van der Waals surface area contributed by atoms with E-state index >= 15 is 0 Å². The van der Waals surface area contributed by atoms with Crippen molar-refractivity contribution in [1.82, 2.24) is 29.9 Å². The number of benzene rings is 1. The molecule has 4 aromatic rings. The van der Waals surface area contributed by atoms with Crippen LogP contribution in [0.1, 0.15) is 24.6 Å². The maximum absolute atomic E-state index is 14.0. The summed E-state index contributed by atoms with van der Waals surface area (Å²) in [5.41, 5.74) is 1.98. The van der Waals surface area contributed by atoms with Crippen molar-refractivity contribution in [2.24, 2.45) is 0 Å². The summed E-state index contributed by atoms with van der Waals surface area (Å²) in [7, 11) is 0. The van der Waals surface area contributed by atoms with E-state index in [-0.39, 0.29) is 24.1 Å². The molecule has 27 heavy (non-hydrogen) atoms. The molecule has 0 radical (unpaired) electrons. The van der Waals surface area contributed by atoms with Crippen LogP contribution in [0.25, 0.3) is 22.6 Å². The fourth-order valence-corrected chi connectivity index (χ4v) is 2.91. The number of fused-ring (bicyclic) bond motifs is 1. The van der Waals surface area contributed by atoms with Crippen LogP contribution in [0.15, 0.2) is 42.6 Å². The summed E-state index contributed by atoms with van der Waals surface area (Å²) in [6.45, 7) is 2.20. The Balaban J connectivity index is 1.81. The van der Waals surface area contributed by atoms with Gasteiger partial charge < -0.3 is 5.11 Å². The van der Waals surface area contributed by atoms with Crippen LogP contribution in [-0.2, 0) is 13.0 Å². The second-order valence-corrected chi connectivity index (χ2v) is 6.13. The van der Waals surface area contributed by atoms with E-state index in [1.165, 1.54) is 6.07 Å². The molecule has 3 aromatic heterocycles. The third kappa shape index (κ3) is 3.21. The van der Waals surface area contributed by atoms with Crippen LogP contribution in [0.2, 0.25) is 0 Å². The Morgan fingerprint density at radius 2 is 1.96 bits per heavy atom. The summed E-state index contributed by atoms with van der Waals surface area (Å²) in [5.74, 6) is -0.252. The molecule has 0 atom stereocenters. The molecule has 0 fully saturated rings. The topological polar surface area (TPSA) is 89.6 Å². The zero-order chi connectivity index (χ0) is 18.8. The van der Waals surface area contributed by atoms with Crippen molar-refractivity contribution >= 4 is 11.0 Å². The molecule has 0 aliphatic carbocycles. The lowest BCUT2D eigenvalue weighted by Gasteiger charge is -2.04. The van der Waals surface area contributed by atoms with Gasteiger partial charge in [-0.25, -0.2) is 14.1 Å². The first-order valence-electron chi connectivity index (χ1n) is 8.65. The van der Waals surface area contributed by atoms with Crippen LogP contribution >= 0.6 is 0 Å². The molecule has 7 nitrogen and oxygen atoms in total. The van der Waals surface area contributed by atoms with Crippen molar-refractivity contribution in [3.8, 4) is 17.4 Å². The van der Waals surface area contributed by atoms with Crippen LogP contribution in [0.3, 0.4) is 0 Å². The van der Waals surface area contributed by atoms with Crippen molar-refractivity contribution < 1.29 is 9.50 Å². The number of hydrogen-bond donors (Lipinski definition) is 1. The summed E-state index contributed by atoms with van der Waals surface area (Å²) in [5, 5.41) is 23.5. The van der Waals surface area contributed by atoms with Crippen LogP contribution in [0.4, 0.5) is 4.39 Å². The van der Waals surface area contributed by atoms with Crippen LogP contribution in [-0.4, -0.2) is 35.1 Å². The minimum absolute atomic E-state index is 0.150. The van der Waals surface area contributed by atoms with E-state index in [9.17, 15) is 9.50 Å². The molecule has 0 unspecified atom stereocenters. The van der Waals surface area contributed by atoms with Gasteiger partial charge in [0.15, 0.2) is 5.65 Å². The summed E-state index contributed by atoms with van der Waals surface area (Å²) in [6.07, 6.45) is 3.07. The minimum atomic E-state index is -0.307. The van der Waals surface area contributed by atoms with E-state index in [0.29, 0.717) is 34.4 Å². The van der Waals surface area contributed by atoms with Gasteiger partial charge in [-0.15, -0.1) is 10.2 Å². The molecule has 1 aromatic carbocycles. The number of hydrogen-bond acceptors (Lipinski definition) is 6. The molecule has 1 N–H and O–H groups in total. The van der Waals surface area contributed by atoms with Gasteiger partial charge in [-0.05, 0) is 24.6 Å². The van der Waals surface area contributed by atoms with E-state index in [1.807, 2.05) is 13.0 Å². The van der Waals surface area contributed by atoms with E-state index < -0.39 is 0 Å². The largest absolute Gasteiger partial charge is 0.492 e. The number of aryl methyl sites for hydroxylation is 1. The van der Waals surface area contributed by atoms with Gasteiger partial charge in [-0.1, -0.05) is 31.5 Å². The molecule has 0 saturated heterocycles. The number of halogens is 1. The predicted molar refractivity (Wildman–Crippen MR) is 97.5 cm³/mol. The smallest absolute Gasteiger partial charge is 0.237 e. The standard InChI is InChI=1S/C19H17FN6O/c1-2-6-15-19(27)22-17(24-23-15)16-13-8-5-10-21-18(13)26(25-16)11-12-7-3-4-9-14(12)20/h3-5,7-10H,2,6,11H2,1H3,(H,22,24,27). The molecular formula is C19H17FN6O. The predicted octanol–water partition coefficient (Wildman–Crippen LogP) is 3.13. The van der Waals surface area contributed by atoms with Gasteiger partial charge in [0.2, 0.25) is 11.7 Å². The monoisotopic (exact) mass is 364 g/mol. The highest BCUT2D eigenvalue weighted by Crippen LogP contribution is 2.26. The third-order valence-electron chi connectivity index (χ3n) is 4.22. The number of rotatable bonds is 5. The fraction of sp³-hybridized carbons (Fsp3) is 0.211. The number of nitrogens with zero attached hydrogens (tertiary/aromatic N) is 6. The van der Waals surface area contributed by atoms with Crippen molar-refractivity contribution in [3.63, 3.8) is 0 Å². The molecule has 0 bridgehead atoms. The van der Waals surface area contributed by atoms with Gasteiger partial charge in [0.05, 0.1) is 11.9 Å². The lowest BCUT2D eigenvalue weighted by Crippen LogP contribution is -2.05. The molecule has 8 heteroatoms. The lowest BCUT2D eigenvalue weighted by atomic mass is 10.2.